The monoisotopic (exact) mass is 373 g/mol. The second-order valence-electron chi connectivity index (χ2n) is 6.44. The maximum Gasteiger partial charge on any atom is 0.257 e. The molecule has 0 aliphatic rings. The number of aromatic nitrogens is 2. The van der Waals surface area contributed by atoms with Crippen LogP contribution in [0.3, 0.4) is 0 Å². The topological polar surface area (TPSA) is 68.5 Å². The number of methoxy groups -OCH3 is 1. The van der Waals surface area contributed by atoms with Crippen molar-refractivity contribution in [3.05, 3.63) is 78.2 Å². The number of carbonyl (C=O) groups is 1. The van der Waals surface area contributed by atoms with E-state index < -0.39 is 0 Å². The minimum atomic E-state index is -0.179. The zero-order valence-corrected chi connectivity index (χ0v) is 15.6. The highest BCUT2D eigenvalue weighted by Gasteiger charge is 2.20. The highest BCUT2D eigenvalue weighted by molar-refractivity contribution is 6.01. The third-order valence-corrected chi connectivity index (χ3v) is 4.52. The molecule has 0 radical (unpaired) electrons. The fraction of sp³-hybridized carbons (Fsp3) is 0.136. The highest BCUT2D eigenvalue weighted by atomic mass is 16.5. The normalized spacial score (nSPS) is 10.8. The first-order valence-corrected chi connectivity index (χ1v) is 8.86. The van der Waals surface area contributed by atoms with Gasteiger partial charge in [0.2, 0.25) is 11.7 Å². The van der Waals surface area contributed by atoms with E-state index in [0.717, 1.165) is 16.3 Å². The maximum atomic E-state index is 13.0. The van der Waals surface area contributed by atoms with E-state index in [1.807, 2.05) is 66.7 Å². The Kier molecular flexibility index (Phi) is 4.76. The van der Waals surface area contributed by atoms with Gasteiger partial charge >= 0.3 is 0 Å². The summed E-state index contributed by atoms with van der Waals surface area (Å²) in [6, 6.07) is 21.1. The molecule has 140 valence electrons. The van der Waals surface area contributed by atoms with Crippen molar-refractivity contribution in [1.82, 2.24) is 15.0 Å². The summed E-state index contributed by atoms with van der Waals surface area (Å²) in [6.07, 6.45) is 0. The molecule has 28 heavy (non-hydrogen) atoms. The van der Waals surface area contributed by atoms with Crippen molar-refractivity contribution in [3.8, 4) is 17.1 Å². The van der Waals surface area contributed by atoms with E-state index in [9.17, 15) is 4.79 Å². The number of benzene rings is 3. The number of ether oxygens (including phenoxy) is 1. The third-order valence-electron chi connectivity index (χ3n) is 4.52. The molecule has 0 saturated carbocycles. The first kappa shape index (κ1) is 17.7. The van der Waals surface area contributed by atoms with E-state index in [1.54, 1.807) is 14.2 Å². The lowest BCUT2D eigenvalue weighted by Gasteiger charge is -2.17. The van der Waals surface area contributed by atoms with Gasteiger partial charge in [0.15, 0.2) is 0 Å². The van der Waals surface area contributed by atoms with E-state index in [4.69, 9.17) is 9.26 Å². The standard InChI is InChI=1S/C22H19N3O3/c1-25(14-20-23-21(24-28-20)15-8-4-3-5-9-15)22(26)18-12-16-10-6-7-11-17(16)13-19(18)27-2/h3-13H,14H2,1-2H3. The Labute approximate surface area is 162 Å². The molecule has 3 aromatic carbocycles. The van der Waals surface area contributed by atoms with E-state index in [0.29, 0.717) is 23.0 Å². The van der Waals surface area contributed by atoms with Gasteiger partial charge < -0.3 is 14.2 Å². The quantitative estimate of drug-likeness (QED) is 0.525. The Morgan fingerprint density at radius 2 is 1.71 bits per heavy atom. The Morgan fingerprint density at radius 1 is 1.04 bits per heavy atom. The first-order chi connectivity index (χ1) is 13.7. The van der Waals surface area contributed by atoms with Crippen molar-refractivity contribution < 1.29 is 14.1 Å². The van der Waals surface area contributed by atoms with Crippen LogP contribution in [0.4, 0.5) is 0 Å². The number of amides is 1. The molecule has 1 aromatic heterocycles. The summed E-state index contributed by atoms with van der Waals surface area (Å²) in [5.41, 5.74) is 1.36. The van der Waals surface area contributed by atoms with Crippen molar-refractivity contribution in [1.29, 1.82) is 0 Å². The maximum absolute atomic E-state index is 13.0. The van der Waals surface area contributed by atoms with E-state index in [2.05, 4.69) is 10.1 Å². The average molecular weight is 373 g/mol. The zero-order chi connectivity index (χ0) is 19.5. The zero-order valence-electron chi connectivity index (χ0n) is 15.6. The number of rotatable bonds is 5. The van der Waals surface area contributed by atoms with Crippen LogP contribution < -0.4 is 4.74 Å². The SMILES string of the molecule is COc1cc2ccccc2cc1C(=O)N(C)Cc1nc(-c2ccccc2)no1. The fourth-order valence-electron chi connectivity index (χ4n) is 3.06. The largest absolute Gasteiger partial charge is 0.496 e. The highest BCUT2D eigenvalue weighted by Crippen LogP contribution is 2.27. The number of carbonyl (C=O) groups excluding carboxylic acids is 1. The van der Waals surface area contributed by atoms with Gasteiger partial charge in [0.1, 0.15) is 12.3 Å². The van der Waals surface area contributed by atoms with Crippen molar-refractivity contribution in [2.24, 2.45) is 0 Å². The lowest BCUT2D eigenvalue weighted by Crippen LogP contribution is -2.26. The molecule has 0 aliphatic carbocycles. The Bertz CT molecular complexity index is 1120. The Balaban J connectivity index is 1.57. The molecular formula is C22H19N3O3. The molecule has 0 N–H and O–H groups in total. The van der Waals surface area contributed by atoms with Crippen molar-refractivity contribution in [2.45, 2.75) is 6.54 Å². The molecule has 0 bridgehead atoms. The van der Waals surface area contributed by atoms with Gasteiger partial charge in [0.05, 0.1) is 12.7 Å². The average Bonchev–Trinajstić information content (AvgIpc) is 3.21. The molecule has 1 heterocycles. The van der Waals surface area contributed by atoms with Crippen molar-refractivity contribution in [2.75, 3.05) is 14.2 Å². The molecule has 6 heteroatoms. The third kappa shape index (κ3) is 3.44. The van der Waals surface area contributed by atoms with Crippen LogP contribution in [-0.2, 0) is 6.54 Å². The second kappa shape index (κ2) is 7.52. The van der Waals surface area contributed by atoms with Gasteiger partial charge in [-0.1, -0.05) is 59.8 Å². The number of nitrogens with zero attached hydrogens (tertiary/aromatic N) is 3. The van der Waals surface area contributed by atoms with Crippen LogP contribution in [0.1, 0.15) is 16.2 Å². The predicted molar refractivity (Wildman–Crippen MR) is 106 cm³/mol. The van der Waals surface area contributed by atoms with Gasteiger partial charge in [0, 0.05) is 12.6 Å². The molecule has 0 saturated heterocycles. The minimum Gasteiger partial charge on any atom is -0.496 e. The van der Waals surface area contributed by atoms with Gasteiger partial charge in [-0.2, -0.15) is 4.98 Å². The van der Waals surface area contributed by atoms with Crippen molar-refractivity contribution >= 4 is 16.7 Å². The Hall–Kier alpha value is -3.67. The van der Waals surface area contributed by atoms with Gasteiger partial charge in [-0.25, -0.2) is 0 Å². The van der Waals surface area contributed by atoms with Gasteiger partial charge in [-0.05, 0) is 22.9 Å². The molecular weight excluding hydrogens is 354 g/mol. The Morgan fingerprint density at radius 3 is 2.43 bits per heavy atom. The lowest BCUT2D eigenvalue weighted by atomic mass is 10.0. The summed E-state index contributed by atoms with van der Waals surface area (Å²) in [6.45, 7) is 0.203. The number of fused-ring (bicyclic) bond motifs is 1. The molecule has 0 spiro atoms. The summed E-state index contributed by atoms with van der Waals surface area (Å²) in [5.74, 6) is 1.22. The van der Waals surface area contributed by atoms with E-state index in [-0.39, 0.29) is 12.5 Å². The number of hydrogen-bond acceptors (Lipinski definition) is 5. The van der Waals surface area contributed by atoms with Crippen molar-refractivity contribution in [3.63, 3.8) is 0 Å². The van der Waals surface area contributed by atoms with Gasteiger partial charge in [0.25, 0.3) is 5.91 Å². The summed E-state index contributed by atoms with van der Waals surface area (Å²) >= 11 is 0. The fourth-order valence-corrected chi connectivity index (χ4v) is 3.06. The summed E-state index contributed by atoms with van der Waals surface area (Å²) in [5, 5.41) is 5.99. The molecule has 0 atom stereocenters. The van der Waals surface area contributed by atoms with E-state index >= 15 is 0 Å². The summed E-state index contributed by atoms with van der Waals surface area (Å²) in [4.78, 5) is 18.9. The van der Waals surface area contributed by atoms with Crippen LogP contribution in [0, 0.1) is 0 Å². The number of hydrogen-bond donors (Lipinski definition) is 0. The van der Waals surface area contributed by atoms with Crippen LogP contribution in [-0.4, -0.2) is 35.1 Å². The lowest BCUT2D eigenvalue weighted by molar-refractivity contribution is 0.0766. The minimum absolute atomic E-state index is 0.179. The van der Waals surface area contributed by atoms with Crippen LogP contribution in [0.5, 0.6) is 5.75 Å². The molecule has 0 unspecified atom stereocenters. The van der Waals surface area contributed by atoms with Crippen LogP contribution in [0.25, 0.3) is 22.2 Å². The molecule has 4 rings (SSSR count). The molecule has 6 nitrogen and oxygen atoms in total. The van der Waals surface area contributed by atoms with Crippen LogP contribution in [0.15, 0.2) is 71.3 Å². The first-order valence-electron chi connectivity index (χ1n) is 8.86. The van der Waals surface area contributed by atoms with E-state index in [1.165, 1.54) is 4.90 Å². The second-order valence-corrected chi connectivity index (χ2v) is 6.44. The smallest absolute Gasteiger partial charge is 0.257 e. The summed E-state index contributed by atoms with van der Waals surface area (Å²) in [7, 11) is 3.26. The molecule has 4 aromatic rings. The van der Waals surface area contributed by atoms with Crippen LogP contribution >= 0.6 is 0 Å². The predicted octanol–water partition coefficient (Wildman–Crippen LogP) is 4.17. The molecule has 1 amide bonds. The molecule has 0 aliphatic heterocycles. The molecule has 0 fully saturated rings. The van der Waals surface area contributed by atoms with Gasteiger partial charge in [-0.15, -0.1) is 0 Å². The van der Waals surface area contributed by atoms with Gasteiger partial charge in [-0.3, -0.25) is 4.79 Å². The van der Waals surface area contributed by atoms with Crippen LogP contribution in [0.2, 0.25) is 0 Å². The summed E-state index contributed by atoms with van der Waals surface area (Å²) < 4.78 is 10.8.